The molecular formula is C18H18N2O. The van der Waals surface area contributed by atoms with Crippen LogP contribution < -0.4 is 5.56 Å². The van der Waals surface area contributed by atoms with Crippen molar-refractivity contribution in [2.75, 3.05) is 0 Å². The lowest BCUT2D eigenvalue weighted by molar-refractivity contribution is 0.754. The average molecular weight is 278 g/mol. The molecule has 0 unspecified atom stereocenters. The fourth-order valence-corrected chi connectivity index (χ4v) is 2.43. The van der Waals surface area contributed by atoms with Crippen molar-refractivity contribution in [1.29, 1.82) is 5.26 Å². The molecule has 1 aromatic heterocycles. The van der Waals surface area contributed by atoms with E-state index in [0.717, 1.165) is 22.4 Å². The Morgan fingerprint density at radius 1 is 1.29 bits per heavy atom. The third kappa shape index (κ3) is 2.95. The second kappa shape index (κ2) is 5.80. The third-order valence-electron chi connectivity index (χ3n) is 3.38. The number of hydrogen-bond donors (Lipinski definition) is 0. The monoisotopic (exact) mass is 278 g/mol. The molecule has 21 heavy (non-hydrogen) atoms. The number of rotatable bonds is 3. The Labute approximate surface area is 124 Å². The molecule has 0 N–H and O–H groups in total. The molecule has 0 aliphatic heterocycles. The SMILES string of the molecule is C=C(C)Cn1c(-c2ccc(C)cc2C)ccc(C#N)c1=O. The van der Waals surface area contributed by atoms with Crippen LogP contribution >= 0.6 is 0 Å². The molecule has 3 nitrogen and oxygen atoms in total. The normalized spacial score (nSPS) is 10.2. The number of aryl methyl sites for hydroxylation is 2. The molecule has 0 bridgehead atoms. The number of nitrogens with zero attached hydrogens (tertiary/aromatic N) is 2. The van der Waals surface area contributed by atoms with Gasteiger partial charge in [-0.05, 0) is 38.5 Å². The number of allylic oxidation sites excluding steroid dienone is 1. The fourth-order valence-electron chi connectivity index (χ4n) is 2.43. The van der Waals surface area contributed by atoms with Crippen molar-refractivity contribution in [2.24, 2.45) is 0 Å². The molecular weight excluding hydrogens is 260 g/mol. The maximum atomic E-state index is 12.4. The Bertz CT molecular complexity index is 807. The Kier molecular flexibility index (Phi) is 4.09. The largest absolute Gasteiger partial charge is 0.303 e. The summed E-state index contributed by atoms with van der Waals surface area (Å²) >= 11 is 0. The summed E-state index contributed by atoms with van der Waals surface area (Å²) in [7, 11) is 0. The molecule has 1 aromatic carbocycles. The lowest BCUT2D eigenvalue weighted by atomic mass is 10.0. The van der Waals surface area contributed by atoms with Gasteiger partial charge < -0.3 is 4.57 Å². The zero-order chi connectivity index (χ0) is 15.6. The molecule has 0 aliphatic carbocycles. The van der Waals surface area contributed by atoms with Gasteiger partial charge in [0.1, 0.15) is 11.6 Å². The maximum absolute atomic E-state index is 12.4. The first-order valence-corrected chi connectivity index (χ1v) is 6.80. The van der Waals surface area contributed by atoms with Crippen LogP contribution in [0, 0.1) is 25.2 Å². The van der Waals surface area contributed by atoms with Crippen molar-refractivity contribution in [2.45, 2.75) is 27.3 Å². The summed E-state index contributed by atoms with van der Waals surface area (Å²) in [5.74, 6) is 0. The van der Waals surface area contributed by atoms with Crippen molar-refractivity contribution in [3.63, 3.8) is 0 Å². The first kappa shape index (κ1) is 14.8. The van der Waals surface area contributed by atoms with Crippen LogP contribution in [-0.2, 0) is 6.54 Å². The van der Waals surface area contributed by atoms with Gasteiger partial charge in [0.15, 0.2) is 0 Å². The summed E-state index contributed by atoms with van der Waals surface area (Å²) in [5.41, 5.74) is 4.87. The Morgan fingerprint density at radius 3 is 2.57 bits per heavy atom. The highest BCUT2D eigenvalue weighted by Crippen LogP contribution is 2.24. The zero-order valence-corrected chi connectivity index (χ0v) is 12.6. The smallest absolute Gasteiger partial charge is 0.269 e. The summed E-state index contributed by atoms with van der Waals surface area (Å²) in [5, 5.41) is 9.04. The second-order valence-electron chi connectivity index (χ2n) is 5.41. The number of benzene rings is 1. The second-order valence-corrected chi connectivity index (χ2v) is 5.41. The highest BCUT2D eigenvalue weighted by molar-refractivity contribution is 5.65. The molecule has 106 valence electrons. The Balaban J connectivity index is 2.74. The van der Waals surface area contributed by atoms with Crippen molar-refractivity contribution in [1.82, 2.24) is 4.57 Å². The molecule has 0 amide bonds. The topological polar surface area (TPSA) is 45.8 Å². The van der Waals surface area contributed by atoms with E-state index in [0.29, 0.717) is 6.54 Å². The molecule has 0 saturated carbocycles. The van der Waals surface area contributed by atoms with E-state index in [-0.39, 0.29) is 11.1 Å². The molecule has 0 radical (unpaired) electrons. The molecule has 2 rings (SSSR count). The minimum absolute atomic E-state index is 0.157. The van der Waals surface area contributed by atoms with Crippen LogP contribution in [0.1, 0.15) is 23.6 Å². The Morgan fingerprint density at radius 2 is 2.00 bits per heavy atom. The molecule has 1 heterocycles. The number of nitriles is 1. The summed E-state index contributed by atoms with van der Waals surface area (Å²) in [6, 6.07) is 11.5. The predicted octanol–water partition coefficient (Wildman–Crippen LogP) is 3.58. The van der Waals surface area contributed by atoms with Gasteiger partial charge in [0.25, 0.3) is 5.56 Å². The summed E-state index contributed by atoms with van der Waals surface area (Å²) in [6.45, 7) is 10.2. The van der Waals surface area contributed by atoms with Crippen molar-refractivity contribution >= 4 is 0 Å². The molecule has 0 spiro atoms. The number of aromatic nitrogens is 1. The van der Waals surface area contributed by atoms with Gasteiger partial charge >= 0.3 is 0 Å². The minimum Gasteiger partial charge on any atom is -0.303 e. The van der Waals surface area contributed by atoms with Crippen LogP contribution in [0.15, 0.2) is 47.3 Å². The van der Waals surface area contributed by atoms with Gasteiger partial charge in [-0.25, -0.2) is 0 Å². The molecule has 0 atom stereocenters. The molecule has 0 fully saturated rings. The summed E-state index contributed by atoms with van der Waals surface area (Å²) in [4.78, 5) is 12.4. The van der Waals surface area contributed by atoms with E-state index in [1.165, 1.54) is 5.56 Å². The van der Waals surface area contributed by atoms with E-state index in [1.54, 1.807) is 10.6 Å². The van der Waals surface area contributed by atoms with Gasteiger partial charge in [-0.15, -0.1) is 0 Å². The fraction of sp³-hybridized carbons (Fsp3) is 0.222. The van der Waals surface area contributed by atoms with Crippen LogP contribution in [0.2, 0.25) is 0 Å². The van der Waals surface area contributed by atoms with E-state index in [9.17, 15) is 4.79 Å². The van der Waals surface area contributed by atoms with Crippen LogP contribution in [0.25, 0.3) is 11.3 Å². The molecule has 3 heteroatoms. The highest BCUT2D eigenvalue weighted by Gasteiger charge is 2.12. The first-order valence-electron chi connectivity index (χ1n) is 6.80. The molecule has 0 saturated heterocycles. The quantitative estimate of drug-likeness (QED) is 0.806. The van der Waals surface area contributed by atoms with Crippen LogP contribution in [-0.4, -0.2) is 4.57 Å². The van der Waals surface area contributed by atoms with E-state index >= 15 is 0 Å². The predicted molar refractivity (Wildman–Crippen MR) is 85.1 cm³/mol. The number of pyridine rings is 1. The maximum Gasteiger partial charge on any atom is 0.269 e. The molecule has 0 aliphatic rings. The van der Waals surface area contributed by atoms with Gasteiger partial charge in [0, 0.05) is 12.1 Å². The summed E-state index contributed by atoms with van der Waals surface area (Å²) in [6.07, 6.45) is 0. The highest BCUT2D eigenvalue weighted by atomic mass is 16.1. The van der Waals surface area contributed by atoms with Gasteiger partial charge in [0.05, 0.1) is 5.69 Å². The van der Waals surface area contributed by atoms with E-state index in [2.05, 4.69) is 12.6 Å². The summed E-state index contributed by atoms with van der Waals surface area (Å²) < 4.78 is 1.62. The van der Waals surface area contributed by atoms with Gasteiger partial charge in [-0.2, -0.15) is 5.26 Å². The van der Waals surface area contributed by atoms with E-state index in [4.69, 9.17) is 5.26 Å². The zero-order valence-electron chi connectivity index (χ0n) is 12.6. The van der Waals surface area contributed by atoms with Crippen molar-refractivity contribution in [3.8, 4) is 17.3 Å². The van der Waals surface area contributed by atoms with Gasteiger partial charge in [0.2, 0.25) is 0 Å². The van der Waals surface area contributed by atoms with E-state index < -0.39 is 0 Å². The van der Waals surface area contributed by atoms with E-state index in [1.807, 2.05) is 45.0 Å². The van der Waals surface area contributed by atoms with Gasteiger partial charge in [-0.1, -0.05) is 35.9 Å². The van der Waals surface area contributed by atoms with Crippen molar-refractivity contribution < 1.29 is 0 Å². The third-order valence-corrected chi connectivity index (χ3v) is 3.38. The number of hydrogen-bond acceptors (Lipinski definition) is 2. The lowest BCUT2D eigenvalue weighted by Gasteiger charge is -2.15. The lowest BCUT2D eigenvalue weighted by Crippen LogP contribution is -2.24. The molecule has 2 aromatic rings. The van der Waals surface area contributed by atoms with Crippen LogP contribution in [0.4, 0.5) is 0 Å². The minimum atomic E-state index is -0.266. The van der Waals surface area contributed by atoms with Crippen LogP contribution in [0.3, 0.4) is 0 Å². The Hall–Kier alpha value is -2.60. The first-order chi connectivity index (χ1) is 9.93. The standard InChI is InChI=1S/C18H18N2O/c1-12(2)11-20-17(8-6-15(10-19)18(20)21)16-7-5-13(3)9-14(16)4/h5-9H,1,11H2,2-4H3. The van der Waals surface area contributed by atoms with Crippen molar-refractivity contribution in [3.05, 3.63) is 69.5 Å². The average Bonchev–Trinajstić information content (AvgIpc) is 2.41. The van der Waals surface area contributed by atoms with Gasteiger partial charge in [-0.3, -0.25) is 4.79 Å². The van der Waals surface area contributed by atoms with Crippen LogP contribution in [0.5, 0.6) is 0 Å².